The molecular formula is C23H23F4N5O. The molecule has 6 nitrogen and oxygen atoms in total. The molecule has 1 aromatic carbocycles. The Hall–Kier alpha value is -3.19. The normalized spacial score (nSPS) is 20.7. The first-order valence-electron chi connectivity index (χ1n) is 10.8. The van der Waals surface area contributed by atoms with Crippen molar-refractivity contribution in [2.45, 2.75) is 43.8 Å². The monoisotopic (exact) mass is 461 g/mol. The first-order chi connectivity index (χ1) is 15.9. The van der Waals surface area contributed by atoms with Gasteiger partial charge in [0.2, 0.25) is 5.91 Å². The lowest BCUT2D eigenvalue weighted by Gasteiger charge is -2.42. The molecule has 1 aromatic heterocycles. The van der Waals surface area contributed by atoms with Gasteiger partial charge in [-0.3, -0.25) is 4.79 Å². The van der Waals surface area contributed by atoms with Crippen molar-refractivity contribution >= 4 is 11.7 Å². The number of pyridine rings is 1. The number of anilines is 1. The van der Waals surface area contributed by atoms with Crippen LogP contribution in [0.4, 0.5) is 23.4 Å². The molecule has 33 heavy (non-hydrogen) atoms. The molecule has 0 saturated carbocycles. The Morgan fingerprint density at radius 2 is 1.88 bits per heavy atom. The van der Waals surface area contributed by atoms with Gasteiger partial charge < -0.3 is 15.1 Å². The van der Waals surface area contributed by atoms with Crippen LogP contribution in [0.5, 0.6) is 0 Å². The minimum absolute atomic E-state index is 0.0143. The van der Waals surface area contributed by atoms with Crippen LogP contribution in [0.15, 0.2) is 36.5 Å². The Bertz CT molecular complexity index is 1030. The number of nitrogens with one attached hydrogen (secondary N) is 1. The number of carbonyl (C=O) groups excluding carboxylic acids is 1. The Morgan fingerprint density at radius 1 is 1.15 bits per heavy atom. The number of halogens is 4. The molecule has 1 N–H and O–H groups in total. The highest BCUT2D eigenvalue weighted by molar-refractivity contribution is 5.77. The number of alkyl halides is 2. The zero-order chi connectivity index (χ0) is 23.5. The van der Waals surface area contributed by atoms with Crippen molar-refractivity contribution in [1.29, 1.82) is 5.26 Å². The van der Waals surface area contributed by atoms with Gasteiger partial charge in [-0.25, -0.2) is 22.5 Å². The number of benzene rings is 1. The van der Waals surface area contributed by atoms with E-state index in [1.54, 1.807) is 11.0 Å². The molecule has 174 valence electrons. The fraction of sp³-hybridized carbons (Fsp3) is 0.435. The van der Waals surface area contributed by atoms with Gasteiger partial charge in [0.15, 0.2) is 11.6 Å². The number of piperazine rings is 1. The van der Waals surface area contributed by atoms with Crippen molar-refractivity contribution in [3.63, 3.8) is 0 Å². The molecular weight excluding hydrogens is 438 g/mol. The van der Waals surface area contributed by atoms with E-state index in [1.807, 2.05) is 12.1 Å². The molecule has 4 rings (SSSR count). The fourth-order valence-electron chi connectivity index (χ4n) is 4.64. The maximum Gasteiger partial charge on any atom is 0.257 e. The van der Waals surface area contributed by atoms with Gasteiger partial charge in [0.25, 0.3) is 6.43 Å². The summed E-state index contributed by atoms with van der Waals surface area (Å²) in [6.45, 7) is 1.01. The van der Waals surface area contributed by atoms with Crippen LogP contribution in [-0.2, 0) is 4.79 Å². The van der Waals surface area contributed by atoms with Gasteiger partial charge in [-0.15, -0.1) is 0 Å². The second kappa shape index (κ2) is 9.75. The SMILES string of the molecule is N#Cc1ccc(N2C3CC[C@@H]2CN(C(=O)CCNC(c2ccc(F)c(F)c2)C(F)F)C3)nc1. The van der Waals surface area contributed by atoms with E-state index >= 15 is 0 Å². The van der Waals surface area contributed by atoms with Crippen LogP contribution in [0.25, 0.3) is 0 Å². The van der Waals surface area contributed by atoms with Crippen molar-refractivity contribution in [3.8, 4) is 6.07 Å². The molecule has 2 bridgehead atoms. The maximum atomic E-state index is 13.5. The fourth-order valence-corrected chi connectivity index (χ4v) is 4.64. The summed E-state index contributed by atoms with van der Waals surface area (Å²) in [5.41, 5.74) is 0.413. The molecule has 0 radical (unpaired) electrons. The Labute approximate surface area is 188 Å². The molecule has 0 aliphatic carbocycles. The third kappa shape index (κ3) is 4.93. The van der Waals surface area contributed by atoms with Crippen molar-refractivity contribution in [2.75, 3.05) is 24.5 Å². The molecule has 3 heterocycles. The van der Waals surface area contributed by atoms with Crippen molar-refractivity contribution in [2.24, 2.45) is 0 Å². The van der Waals surface area contributed by atoms with Gasteiger partial charge >= 0.3 is 0 Å². The van der Waals surface area contributed by atoms with E-state index in [2.05, 4.69) is 15.2 Å². The number of likely N-dealkylation sites (tertiary alicyclic amines) is 1. The Kier molecular flexibility index (Phi) is 6.79. The van der Waals surface area contributed by atoms with Crippen LogP contribution < -0.4 is 10.2 Å². The first-order valence-corrected chi connectivity index (χ1v) is 10.8. The molecule has 2 aliphatic rings. The zero-order valence-corrected chi connectivity index (χ0v) is 17.7. The average Bonchev–Trinajstić information content (AvgIpc) is 3.07. The average molecular weight is 461 g/mol. The number of rotatable bonds is 7. The van der Waals surface area contributed by atoms with E-state index in [4.69, 9.17) is 5.26 Å². The number of carbonyl (C=O) groups is 1. The Morgan fingerprint density at radius 3 is 2.45 bits per heavy atom. The van der Waals surface area contributed by atoms with E-state index in [1.165, 1.54) is 6.20 Å². The van der Waals surface area contributed by atoms with Crippen LogP contribution in [0.2, 0.25) is 0 Å². The number of aromatic nitrogens is 1. The zero-order valence-electron chi connectivity index (χ0n) is 17.7. The first kappa shape index (κ1) is 23.0. The second-order valence-electron chi connectivity index (χ2n) is 8.30. The summed E-state index contributed by atoms with van der Waals surface area (Å²) < 4.78 is 53.5. The van der Waals surface area contributed by atoms with Gasteiger partial charge in [-0.1, -0.05) is 6.07 Å². The summed E-state index contributed by atoms with van der Waals surface area (Å²) in [7, 11) is 0. The number of fused-ring (bicyclic) bond motifs is 2. The largest absolute Gasteiger partial charge is 0.347 e. The quantitative estimate of drug-likeness (QED) is 0.640. The van der Waals surface area contributed by atoms with Crippen LogP contribution >= 0.6 is 0 Å². The lowest BCUT2D eigenvalue weighted by atomic mass is 10.1. The van der Waals surface area contributed by atoms with Gasteiger partial charge in [0, 0.05) is 44.3 Å². The van der Waals surface area contributed by atoms with Crippen molar-refractivity contribution in [1.82, 2.24) is 15.2 Å². The van der Waals surface area contributed by atoms with Crippen molar-refractivity contribution < 1.29 is 22.4 Å². The summed E-state index contributed by atoms with van der Waals surface area (Å²) in [4.78, 5) is 21.1. The number of nitriles is 1. The summed E-state index contributed by atoms with van der Waals surface area (Å²) in [6, 6.07) is 6.96. The smallest absolute Gasteiger partial charge is 0.257 e. The van der Waals surface area contributed by atoms with E-state index in [0.717, 1.165) is 36.9 Å². The molecule has 3 atom stereocenters. The number of hydrogen-bond donors (Lipinski definition) is 1. The highest BCUT2D eigenvalue weighted by Gasteiger charge is 2.41. The van der Waals surface area contributed by atoms with E-state index in [0.29, 0.717) is 18.7 Å². The summed E-state index contributed by atoms with van der Waals surface area (Å²) in [5.74, 6) is -1.67. The topological polar surface area (TPSA) is 72.3 Å². The van der Waals surface area contributed by atoms with Crippen LogP contribution in [0.3, 0.4) is 0 Å². The summed E-state index contributed by atoms with van der Waals surface area (Å²) in [6.07, 6.45) is 0.533. The van der Waals surface area contributed by atoms with E-state index in [9.17, 15) is 22.4 Å². The number of nitrogens with zero attached hydrogens (tertiary/aromatic N) is 4. The highest BCUT2D eigenvalue weighted by Crippen LogP contribution is 2.34. The Balaban J connectivity index is 1.33. The lowest BCUT2D eigenvalue weighted by Crippen LogP contribution is -2.56. The van der Waals surface area contributed by atoms with Crippen LogP contribution in [0.1, 0.15) is 36.4 Å². The molecule has 10 heteroatoms. The number of amides is 1. The minimum Gasteiger partial charge on any atom is -0.347 e. The predicted octanol–water partition coefficient (Wildman–Crippen LogP) is 3.40. The molecule has 2 fully saturated rings. The summed E-state index contributed by atoms with van der Waals surface area (Å²) >= 11 is 0. The molecule has 2 unspecified atom stereocenters. The third-order valence-electron chi connectivity index (χ3n) is 6.23. The van der Waals surface area contributed by atoms with Gasteiger partial charge in [0.05, 0.1) is 11.6 Å². The van der Waals surface area contributed by atoms with Crippen LogP contribution in [0, 0.1) is 23.0 Å². The van der Waals surface area contributed by atoms with Gasteiger partial charge in [0.1, 0.15) is 11.9 Å². The minimum atomic E-state index is -2.84. The molecule has 2 aliphatic heterocycles. The molecule has 1 amide bonds. The highest BCUT2D eigenvalue weighted by atomic mass is 19.3. The predicted molar refractivity (Wildman–Crippen MR) is 113 cm³/mol. The molecule has 2 aromatic rings. The van der Waals surface area contributed by atoms with E-state index in [-0.39, 0.29) is 36.5 Å². The van der Waals surface area contributed by atoms with Crippen LogP contribution in [-0.4, -0.2) is 53.9 Å². The number of hydrogen-bond acceptors (Lipinski definition) is 5. The standard InChI is InChI=1S/C23H23F4N5O/c24-18-5-2-15(9-19(18)25)22(23(26)27)29-8-7-21(33)31-12-16-3-4-17(13-31)32(16)20-6-1-14(10-28)11-30-20/h1-2,5-6,9,11,16-17,22-23,29H,3-4,7-8,12-13H2/t16-,17?,22?/m1/s1. The summed E-state index contributed by atoms with van der Waals surface area (Å²) in [5, 5.41) is 11.6. The molecule has 0 spiro atoms. The van der Waals surface area contributed by atoms with E-state index < -0.39 is 24.1 Å². The lowest BCUT2D eigenvalue weighted by molar-refractivity contribution is -0.132. The molecule has 2 saturated heterocycles. The van der Waals surface area contributed by atoms with Crippen molar-refractivity contribution in [3.05, 3.63) is 59.3 Å². The maximum absolute atomic E-state index is 13.5. The van der Waals surface area contributed by atoms with Gasteiger partial charge in [-0.05, 0) is 42.7 Å². The third-order valence-corrected chi connectivity index (χ3v) is 6.23. The van der Waals surface area contributed by atoms with Gasteiger partial charge in [-0.2, -0.15) is 5.26 Å². The second-order valence-corrected chi connectivity index (χ2v) is 8.30.